The Hall–Kier alpha value is -1.88. The van der Waals surface area contributed by atoms with Gasteiger partial charge in [0.2, 0.25) is 0 Å². The van der Waals surface area contributed by atoms with Crippen LogP contribution in [0.2, 0.25) is 0 Å². The summed E-state index contributed by atoms with van der Waals surface area (Å²) >= 11 is 0. The quantitative estimate of drug-likeness (QED) is 0.834. The smallest absolute Gasteiger partial charge is 0.0964 e. The molecule has 0 bridgehead atoms. The molecule has 1 aromatic heterocycles. The van der Waals surface area contributed by atoms with Crippen LogP contribution in [-0.4, -0.2) is 35.6 Å². The minimum absolute atomic E-state index is 0.758. The van der Waals surface area contributed by atoms with Crippen molar-refractivity contribution < 1.29 is 0 Å². The van der Waals surface area contributed by atoms with Gasteiger partial charge in [-0.05, 0) is 31.2 Å². The van der Waals surface area contributed by atoms with E-state index in [0.29, 0.717) is 0 Å². The van der Waals surface area contributed by atoms with E-state index in [-0.39, 0.29) is 0 Å². The first-order valence-electron chi connectivity index (χ1n) is 7.06. The van der Waals surface area contributed by atoms with Crippen LogP contribution in [0.25, 0.3) is 0 Å². The van der Waals surface area contributed by atoms with Gasteiger partial charge >= 0.3 is 0 Å². The van der Waals surface area contributed by atoms with Gasteiger partial charge in [0.15, 0.2) is 0 Å². The molecule has 20 heavy (non-hydrogen) atoms. The van der Waals surface area contributed by atoms with Gasteiger partial charge in [0.05, 0.1) is 12.2 Å². The van der Waals surface area contributed by atoms with Crippen molar-refractivity contribution in [3.63, 3.8) is 0 Å². The van der Waals surface area contributed by atoms with Crippen molar-refractivity contribution in [2.45, 2.75) is 26.4 Å². The van der Waals surface area contributed by atoms with Gasteiger partial charge in [-0.1, -0.05) is 24.3 Å². The summed E-state index contributed by atoms with van der Waals surface area (Å²) in [4.78, 5) is 2.23. The monoisotopic (exact) mass is 273 g/mol. The van der Waals surface area contributed by atoms with Crippen molar-refractivity contribution in [3.05, 3.63) is 41.7 Å². The fraction of sp³-hybridized carbons (Fsp3) is 0.467. The summed E-state index contributed by atoms with van der Waals surface area (Å²) in [6.07, 6.45) is 3.07. The molecule has 1 N–H and O–H groups in total. The van der Waals surface area contributed by atoms with Crippen LogP contribution < -0.4 is 10.2 Å². The third kappa shape index (κ3) is 3.81. The molecule has 0 aliphatic carbocycles. The molecule has 2 rings (SSSR count). The summed E-state index contributed by atoms with van der Waals surface area (Å²) in [6, 6.07) is 8.72. The van der Waals surface area contributed by atoms with Crippen LogP contribution >= 0.6 is 0 Å². The van der Waals surface area contributed by atoms with E-state index in [1.54, 1.807) is 0 Å². The van der Waals surface area contributed by atoms with Gasteiger partial charge in [0.1, 0.15) is 0 Å². The maximum absolute atomic E-state index is 4.13. The van der Waals surface area contributed by atoms with E-state index in [1.165, 1.54) is 11.3 Å². The molecule has 0 saturated carbocycles. The highest BCUT2D eigenvalue weighted by molar-refractivity contribution is 5.46. The molecule has 0 aliphatic rings. The maximum Gasteiger partial charge on any atom is 0.0964 e. The van der Waals surface area contributed by atoms with Gasteiger partial charge in [-0.25, -0.2) is 0 Å². The summed E-state index contributed by atoms with van der Waals surface area (Å²) in [5.41, 5.74) is 3.58. The fourth-order valence-electron chi connectivity index (χ4n) is 2.08. The average molecular weight is 273 g/mol. The Kier molecular flexibility index (Phi) is 5.12. The van der Waals surface area contributed by atoms with Gasteiger partial charge in [0.25, 0.3) is 0 Å². The third-order valence-electron chi connectivity index (χ3n) is 3.39. The zero-order valence-corrected chi connectivity index (χ0v) is 12.5. The summed E-state index contributed by atoms with van der Waals surface area (Å²) < 4.78 is 1.89. The lowest BCUT2D eigenvalue weighted by atomic mass is 10.1. The van der Waals surface area contributed by atoms with E-state index >= 15 is 0 Å². The molecule has 2 aromatic rings. The second-order valence-electron chi connectivity index (χ2n) is 4.94. The molecular weight excluding hydrogens is 250 g/mol. The first kappa shape index (κ1) is 14.5. The Morgan fingerprint density at radius 3 is 2.65 bits per heavy atom. The third-order valence-corrected chi connectivity index (χ3v) is 3.39. The van der Waals surface area contributed by atoms with Gasteiger partial charge < -0.3 is 10.2 Å². The molecule has 0 unspecified atom stereocenters. The van der Waals surface area contributed by atoms with Gasteiger partial charge in [-0.3, -0.25) is 4.68 Å². The van der Waals surface area contributed by atoms with Crippen LogP contribution in [0, 0.1) is 0 Å². The highest BCUT2D eigenvalue weighted by Crippen LogP contribution is 2.14. The molecular formula is C15H23N5. The number of hydrogen-bond acceptors (Lipinski definition) is 4. The molecule has 1 heterocycles. The number of rotatable bonds is 7. The summed E-state index contributed by atoms with van der Waals surface area (Å²) in [6.45, 7) is 4.68. The number of nitrogens with one attached hydrogen (secondary N) is 1. The van der Waals surface area contributed by atoms with Crippen molar-refractivity contribution >= 4 is 5.69 Å². The molecule has 1 aromatic carbocycles. The van der Waals surface area contributed by atoms with Gasteiger partial charge in [-0.2, -0.15) is 0 Å². The van der Waals surface area contributed by atoms with Crippen LogP contribution in [0.5, 0.6) is 0 Å². The molecule has 0 radical (unpaired) electrons. The average Bonchev–Trinajstić information content (AvgIpc) is 2.93. The van der Waals surface area contributed by atoms with E-state index in [1.807, 2.05) is 17.9 Å². The van der Waals surface area contributed by atoms with E-state index in [0.717, 1.165) is 31.7 Å². The second-order valence-corrected chi connectivity index (χ2v) is 4.94. The molecule has 5 heteroatoms. The number of likely N-dealkylation sites (N-methyl/N-ethyl adjacent to an activating group) is 1. The molecule has 5 nitrogen and oxygen atoms in total. The Labute approximate surface area is 120 Å². The number of aromatic nitrogens is 3. The Morgan fingerprint density at radius 1 is 1.25 bits per heavy atom. The lowest BCUT2D eigenvalue weighted by Gasteiger charge is -2.19. The standard InChI is InChI=1S/C15H23N5/c1-4-13-5-7-15(8-6-13)19(3)9-10-20-12-14(11-16-2)17-18-20/h5-8,12,16H,4,9-11H2,1-3H3. The fourth-order valence-corrected chi connectivity index (χ4v) is 2.08. The van der Waals surface area contributed by atoms with Crippen molar-refractivity contribution in [2.24, 2.45) is 0 Å². The first-order valence-corrected chi connectivity index (χ1v) is 7.06. The lowest BCUT2D eigenvalue weighted by Crippen LogP contribution is -2.22. The minimum Gasteiger partial charge on any atom is -0.373 e. The Bertz CT molecular complexity index is 517. The molecule has 108 valence electrons. The van der Waals surface area contributed by atoms with E-state index in [2.05, 4.69) is 58.8 Å². The highest BCUT2D eigenvalue weighted by Gasteiger charge is 2.03. The predicted octanol–water partition coefficient (Wildman–Crippen LogP) is 1.70. The van der Waals surface area contributed by atoms with Gasteiger partial charge in [-0.15, -0.1) is 5.10 Å². The second kappa shape index (κ2) is 7.05. The Balaban J connectivity index is 1.88. The predicted molar refractivity (Wildman–Crippen MR) is 81.9 cm³/mol. The molecule has 0 fully saturated rings. The van der Waals surface area contributed by atoms with Crippen molar-refractivity contribution in [1.82, 2.24) is 20.3 Å². The zero-order chi connectivity index (χ0) is 14.4. The summed E-state index contributed by atoms with van der Waals surface area (Å²) in [7, 11) is 4.01. The van der Waals surface area contributed by atoms with Crippen molar-refractivity contribution in [3.8, 4) is 0 Å². The van der Waals surface area contributed by atoms with E-state index in [9.17, 15) is 0 Å². The molecule has 0 atom stereocenters. The SMILES string of the molecule is CCc1ccc(N(C)CCn2cc(CNC)nn2)cc1. The largest absolute Gasteiger partial charge is 0.373 e. The minimum atomic E-state index is 0.758. The first-order chi connectivity index (χ1) is 9.72. The van der Waals surface area contributed by atoms with Crippen LogP contribution in [0.1, 0.15) is 18.2 Å². The normalized spacial score (nSPS) is 10.8. The molecule has 0 amide bonds. The molecule has 0 saturated heterocycles. The van der Waals surface area contributed by atoms with Crippen molar-refractivity contribution in [1.29, 1.82) is 0 Å². The number of anilines is 1. The van der Waals surface area contributed by atoms with Crippen LogP contribution in [-0.2, 0) is 19.5 Å². The van der Waals surface area contributed by atoms with Crippen LogP contribution in [0.3, 0.4) is 0 Å². The van der Waals surface area contributed by atoms with E-state index < -0.39 is 0 Å². The number of aryl methyl sites for hydroxylation is 1. The molecule has 0 aliphatic heterocycles. The van der Waals surface area contributed by atoms with Crippen LogP contribution in [0.15, 0.2) is 30.5 Å². The summed E-state index contributed by atoms with van der Waals surface area (Å²) in [5.74, 6) is 0. The van der Waals surface area contributed by atoms with Gasteiger partial charge in [0, 0.05) is 32.0 Å². The maximum atomic E-state index is 4.13. The number of benzene rings is 1. The van der Waals surface area contributed by atoms with E-state index in [4.69, 9.17) is 0 Å². The number of nitrogens with zero attached hydrogens (tertiary/aromatic N) is 4. The number of hydrogen-bond donors (Lipinski definition) is 1. The van der Waals surface area contributed by atoms with Crippen molar-refractivity contribution in [2.75, 3.05) is 25.5 Å². The Morgan fingerprint density at radius 2 is 2.00 bits per heavy atom. The zero-order valence-electron chi connectivity index (χ0n) is 12.5. The van der Waals surface area contributed by atoms with Crippen LogP contribution in [0.4, 0.5) is 5.69 Å². The highest BCUT2D eigenvalue weighted by atomic mass is 15.4. The summed E-state index contributed by atoms with van der Waals surface area (Å²) in [5, 5.41) is 11.3. The topological polar surface area (TPSA) is 46.0 Å². The molecule has 0 spiro atoms. The lowest BCUT2D eigenvalue weighted by molar-refractivity contribution is 0.587.